The number of esters is 1. The van der Waals surface area contributed by atoms with Crippen molar-refractivity contribution in [2.24, 2.45) is 17.6 Å². The Hall–Kier alpha value is -0.570. The van der Waals surface area contributed by atoms with E-state index in [1.165, 1.54) is 20.0 Å². The highest BCUT2D eigenvalue weighted by Gasteiger charge is 2.40. The topological polar surface area (TPSA) is 52.3 Å². The Bertz CT molecular complexity index is 192. The number of ether oxygens (including phenoxy) is 1. The lowest BCUT2D eigenvalue weighted by molar-refractivity contribution is -0.142. The molecule has 1 aliphatic carbocycles. The fourth-order valence-corrected chi connectivity index (χ4v) is 1.80. The molecule has 0 heterocycles. The van der Waals surface area contributed by atoms with Crippen molar-refractivity contribution in [3.8, 4) is 0 Å². The molecule has 1 atom stereocenters. The van der Waals surface area contributed by atoms with Crippen LogP contribution in [0.25, 0.3) is 0 Å². The summed E-state index contributed by atoms with van der Waals surface area (Å²) in [7, 11) is 1.43. The van der Waals surface area contributed by atoms with Crippen molar-refractivity contribution >= 4 is 5.97 Å². The lowest BCUT2D eigenvalue weighted by atomic mass is 9.82. The number of nitrogens with two attached hydrogens (primary N) is 1. The molecule has 13 heavy (non-hydrogen) atoms. The molecule has 0 saturated heterocycles. The van der Waals surface area contributed by atoms with Gasteiger partial charge in [-0.2, -0.15) is 0 Å². The average Bonchev–Trinajstić information content (AvgIpc) is 2.80. The smallest absolute Gasteiger partial charge is 0.305 e. The predicted molar refractivity (Wildman–Crippen MR) is 51.1 cm³/mol. The minimum Gasteiger partial charge on any atom is -0.469 e. The number of carbonyl (C=O) groups is 1. The molecule has 0 aliphatic heterocycles. The standard InChI is InChI=1S/C10H19NO2/c1-10(2,11)8(7-4-5-7)6-9(12)13-3/h7-8H,4-6,11H2,1-3H3. The van der Waals surface area contributed by atoms with Gasteiger partial charge >= 0.3 is 5.97 Å². The molecular formula is C10H19NO2. The third-order valence-electron chi connectivity index (χ3n) is 2.76. The van der Waals surface area contributed by atoms with Crippen LogP contribution in [-0.2, 0) is 9.53 Å². The van der Waals surface area contributed by atoms with Crippen LogP contribution >= 0.6 is 0 Å². The van der Waals surface area contributed by atoms with E-state index in [1.807, 2.05) is 13.8 Å². The van der Waals surface area contributed by atoms with E-state index in [4.69, 9.17) is 5.73 Å². The SMILES string of the molecule is COC(=O)CC(C1CC1)C(C)(C)N. The quantitative estimate of drug-likeness (QED) is 0.672. The van der Waals surface area contributed by atoms with Crippen molar-refractivity contribution < 1.29 is 9.53 Å². The van der Waals surface area contributed by atoms with Gasteiger partial charge in [0.2, 0.25) is 0 Å². The van der Waals surface area contributed by atoms with Crippen LogP contribution in [0.15, 0.2) is 0 Å². The molecule has 0 spiro atoms. The van der Waals surface area contributed by atoms with Crippen molar-refractivity contribution in [1.82, 2.24) is 0 Å². The van der Waals surface area contributed by atoms with Gasteiger partial charge in [0.1, 0.15) is 0 Å². The van der Waals surface area contributed by atoms with Crippen LogP contribution in [-0.4, -0.2) is 18.6 Å². The van der Waals surface area contributed by atoms with Crippen LogP contribution in [0, 0.1) is 11.8 Å². The maximum absolute atomic E-state index is 11.1. The van der Waals surface area contributed by atoms with Crippen LogP contribution in [0.4, 0.5) is 0 Å². The van der Waals surface area contributed by atoms with Crippen molar-refractivity contribution in [3.63, 3.8) is 0 Å². The summed E-state index contributed by atoms with van der Waals surface area (Å²) in [5.74, 6) is 0.773. The monoisotopic (exact) mass is 185 g/mol. The fourth-order valence-electron chi connectivity index (χ4n) is 1.80. The van der Waals surface area contributed by atoms with Gasteiger partial charge in [-0.25, -0.2) is 0 Å². The minimum absolute atomic E-state index is 0.143. The Morgan fingerprint density at radius 3 is 2.46 bits per heavy atom. The molecule has 76 valence electrons. The van der Waals surface area contributed by atoms with E-state index in [9.17, 15) is 4.79 Å². The molecule has 0 radical (unpaired) electrons. The van der Waals surface area contributed by atoms with Gasteiger partial charge in [0.25, 0.3) is 0 Å². The maximum Gasteiger partial charge on any atom is 0.305 e. The Labute approximate surface area is 79.6 Å². The molecule has 0 bridgehead atoms. The number of hydrogen-bond acceptors (Lipinski definition) is 3. The molecule has 1 aliphatic rings. The highest BCUT2D eigenvalue weighted by Crippen LogP contribution is 2.43. The third-order valence-corrected chi connectivity index (χ3v) is 2.76. The first-order valence-electron chi connectivity index (χ1n) is 4.81. The Morgan fingerprint density at radius 1 is 1.62 bits per heavy atom. The summed E-state index contributed by atoms with van der Waals surface area (Å²) in [6.07, 6.45) is 2.88. The van der Waals surface area contributed by atoms with E-state index in [1.54, 1.807) is 0 Å². The van der Waals surface area contributed by atoms with E-state index in [0.717, 1.165) is 0 Å². The number of carbonyl (C=O) groups excluding carboxylic acids is 1. The first-order valence-corrected chi connectivity index (χ1v) is 4.81. The van der Waals surface area contributed by atoms with Gasteiger partial charge in [0, 0.05) is 5.54 Å². The molecule has 1 saturated carbocycles. The second-order valence-corrected chi connectivity index (χ2v) is 4.55. The highest BCUT2D eigenvalue weighted by atomic mass is 16.5. The Kier molecular flexibility index (Phi) is 2.96. The van der Waals surface area contributed by atoms with Gasteiger partial charge in [-0.1, -0.05) is 0 Å². The fraction of sp³-hybridized carbons (Fsp3) is 0.900. The number of hydrogen-bond donors (Lipinski definition) is 1. The molecule has 1 unspecified atom stereocenters. The van der Waals surface area contributed by atoms with Crippen LogP contribution in [0.3, 0.4) is 0 Å². The Morgan fingerprint density at radius 2 is 2.15 bits per heavy atom. The number of methoxy groups -OCH3 is 1. The molecule has 2 N–H and O–H groups in total. The Balaban J connectivity index is 2.53. The normalized spacial score (nSPS) is 19.7. The molecular weight excluding hydrogens is 166 g/mol. The van der Waals surface area contributed by atoms with E-state index in [-0.39, 0.29) is 17.4 Å². The van der Waals surface area contributed by atoms with Gasteiger partial charge in [-0.15, -0.1) is 0 Å². The predicted octanol–water partition coefficient (Wildman–Crippen LogP) is 1.31. The van der Waals surface area contributed by atoms with Crippen LogP contribution in [0.1, 0.15) is 33.1 Å². The molecule has 1 fully saturated rings. The van der Waals surface area contributed by atoms with Crippen molar-refractivity contribution in [3.05, 3.63) is 0 Å². The summed E-state index contributed by atoms with van der Waals surface area (Å²) in [6.45, 7) is 3.97. The molecule has 0 aromatic heterocycles. The summed E-state index contributed by atoms with van der Waals surface area (Å²) in [5, 5.41) is 0. The van der Waals surface area contributed by atoms with Gasteiger partial charge in [-0.05, 0) is 38.5 Å². The summed E-state index contributed by atoms with van der Waals surface area (Å²) in [6, 6.07) is 0. The minimum atomic E-state index is -0.268. The first kappa shape index (κ1) is 10.5. The zero-order chi connectivity index (χ0) is 10.1. The lowest BCUT2D eigenvalue weighted by Crippen LogP contribution is -2.43. The second kappa shape index (κ2) is 3.66. The summed E-state index contributed by atoms with van der Waals surface area (Å²) < 4.78 is 4.66. The van der Waals surface area contributed by atoms with Gasteiger partial charge in [0.05, 0.1) is 13.5 Å². The first-order chi connectivity index (χ1) is 5.95. The summed E-state index contributed by atoms with van der Waals surface area (Å²) in [5.41, 5.74) is 5.75. The summed E-state index contributed by atoms with van der Waals surface area (Å²) >= 11 is 0. The van der Waals surface area contributed by atoms with Crippen LogP contribution in [0.5, 0.6) is 0 Å². The van der Waals surface area contributed by atoms with E-state index >= 15 is 0 Å². The van der Waals surface area contributed by atoms with Crippen LogP contribution in [0.2, 0.25) is 0 Å². The zero-order valence-corrected chi connectivity index (χ0v) is 8.67. The summed E-state index contributed by atoms with van der Waals surface area (Å²) in [4.78, 5) is 11.1. The van der Waals surface area contributed by atoms with Crippen LogP contribution < -0.4 is 5.73 Å². The molecule has 0 aromatic rings. The third kappa shape index (κ3) is 2.99. The molecule has 1 rings (SSSR count). The number of rotatable bonds is 4. The van der Waals surface area contributed by atoms with Gasteiger partial charge in [-0.3, -0.25) is 4.79 Å². The van der Waals surface area contributed by atoms with Gasteiger partial charge in [0.15, 0.2) is 0 Å². The molecule has 3 nitrogen and oxygen atoms in total. The second-order valence-electron chi connectivity index (χ2n) is 4.55. The lowest BCUT2D eigenvalue weighted by Gasteiger charge is -2.29. The van der Waals surface area contributed by atoms with Crippen molar-refractivity contribution in [1.29, 1.82) is 0 Å². The van der Waals surface area contributed by atoms with Crippen molar-refractivity contribution in [2.45, 2.75) is 38.6 Å². The van der Waals surface area contributed by atoms with Gasteiger partial charge < -0.3 is 10.5 Å². The molecule has 3 heteroatoms. The molecule has 0 amide bonds. The maximum atomic E-state index is 11.1. The largest absolute Gasteiger partial charge is 0.469 e. The van der Waals surface area contributed by atoms with E-state index < -0.39 is 0 Å². The average molecular weight is 185 g/mol. The molecule has 0 aromatic carbocycles. The van der Waals surface area contributed by atoms with E-state index in [2.05, 4.69) is 4.74 Å². The van der Waals surface area contributed by atoms with Crippen molar-refractivity contribution in [2.75, 3.05) is 7.11 Å². The zero-order valence-electron chi connectivity index (χ0n) is 8.67. The van der Waals surface area contributed by atoms with E-state index in [0.29, 0.717) is 12.3 Å². The highest BCUT2D eigenvalue weighted by molar-refractivity contribution is 5.69.